The summed E-state index contributed by atoms with van der Waals surface area (Å²) in [7, 11) is -4.29. The number of aromatic amines is 1. The molecule has 2 saturated heterocycles. The molecule has 3 heterocycles. The molecule has 1 aromatic heterocycles. The third-order valence-electron chi connectivity index (χ3n) is 8.01. The Morgan fingerprint density at radius 1 is 1.00 bits per heavy atom. The topological polar surface area (TPSA) is 104 Å². The molecule has 2 fully saturated rings. The van der Waals surface area contributed by atoms with Crippen LogP contribution in [0.2, 0.25) is 0 Å². The molecule has 0 spiro atoms. The number of tetrazole rings is 1. The summed E-state index contributed by atoms with van der Waals surface area (Å²) in [4.78, 5) is 1.71. The van der Waals surface area contributed by atoms with Crippen molar-refractivity contribution in [3.05, 3.63) is 47.5 Å². The number of alkyl halides is 3. The lowest BCUT2D eigenvalue weighted by Crippen LogP contribution is -2.36. The van der Waals surface area contributed by atoms with Gasteiger partial charge in [0.1, 0.15) is 0 Å². The van der Waals surface area contributed by atoms with Gasteiger partial charge in [-0.15, -0.1) is 5.10 Å². The summed E-state index contributed by atoms with van der Waals surface area (Å²) in [5, 5.41) is 16.6. The highest BCUT2D eigenvalue weighted by molar-refractivity contribution is 7.91. The van der Waals surface area contributed by atoms with E-state index >= 15 is 0 Å². The second-order valence-electron chi connectivity index (χ2n) is 10.6. The Kier molecular flexibility index (Phi) is 8.06. The minimum atomic E-state index is -4.87. The SMILES string of the molecule is CS(=O)(=O)c1c(C(F)(F)F)ccc(-c2ccc(C3CCN(CCC4CCNCC4)CC3)cc2)c1-c1nnn[nH]1. The van der Waals surface area contributed by atoms with Crippen LogP contribution in [0.25, 0.3) is 22.5 Å². The molecule has 12 heteroatoms. The Balaban J connectivity index is 1.36. The van der Waals surface area contributed by atoms with Crippen LogP contribution in [-0.4, -0.2) is 72.9 Å². The van der Waals surface area contributed by atoms with Gasteiger partial charge in [-0.05, 0) is 110 Å². The number of aromatic nitrogens is 4. The van der Waals surface area contributed by atoms with Gasteiger partial charge >= 0.3 is 6.18 Å². The first-order valence-electron chi connectivity index (χ1n) is 13.3. The molecule has 0 amide bonds. The fourth-order valence-corrected chi connectivity index (χ4v) is 7.05. The highest BCUT2D eigenvalue weighted by Crippen LogP contribution is 2.43. The van der Waals surface area contributed by atoms with Crippen LogP contribution in [0, 0.1) is 5.92 Å². The molecule has 0 atom stereocenters. The van der Waals surface area contributed by atoms with Gasteiger partial charge in [-0.25, -0.2) is 13.5 Å². The molecule has 2 aliphatic rings. The smallest absolute Gasteiger partial charge is 0.317 e. The summed E-state index contributed by atoms with van der Waals surface area (Å²) in [5.41, 5.74) is 0.634. The first-order chi connectivity index (χ1) is 18.6. The van der Waals surface area contributed by atoms with Crippen molar-refractivity contribution in [1.82, 2.24) is 30.8 Å². The minimum absolute atomic E-state index is 0.141. The van der Waals surface area contributed by atoms with E-state index in [1.807, 2.05) is 24.3 Å². The fraction of sp³-hybridized carbons (Fsp3) is 0.519. The lowest BCUT2D eigenvalue weighted by atomic mass is 9.87. The zero-order chi connectivity index (χ0) is 27.6. The number of hydrogen-bond donors (Lipinski definition) is 2. The van der Waals surface area contributed by atoms with Crippen LogP contribution in [-0.2, 0) is 16.0 Å². The highest BCUT2D eigenvalue weighted by atomic mass is 32.2. The molecule has 210 valence electrons. The number of benzene rings is 2. The normalized spacial score (nSPS) is 18.5. The zero-order valence-electron chi connectivity index (χ0n) is 21.8. The van der Waals surface area contributed by atoms with Crippen LogP contribution in [0.1, 0.15) is 49.1 Å². The number of halogens is 3. The van der Waals surface area contributed by atoms with Crippen LogP contribution >= 0.6 is 0 Å². The van der Waals surface area contributed by atoms with E-state index in [4.69, 9.17) is 0 Å². The van der Waals surface area contributed by atoms with Crippen LogP contribution in [0.15, 0.2) is 41.3 Å². The number of nitrogens with zero attached hydrogens (tertiary/aromatic N) is 4. The predicted octanol–water partition coefficient (Wildman–Crippen LogP) is 4.53. The molecule has 0 saturated carbocycles. The maximum atomic E-state index is 13.8. The number of rotatable bonds is 7. The van der Waals surface area contributed by atoms with E-state index in [0.717, 1.165) is 63.8 Å². The third-order valence-corrected chi connectivity index (χ3v) is 9.17. The lowest BCUT2D eigenvalue weighted by molar-refractivity contribution is -0.139. The summed E-state index contributed by atoms with van der Waals surface area (Å²) in [5.74, 6) is 1.09. The van der Waals surface area contributed by atoms with Crippen molar-refractivity contribution in [3.8, 4) is 22.5 Å². The van der Waals surface area contributed by atoms with E-state index in [1.165, 1.54) is 30.9 Å². The summed E-state index contributed by atoms with van der Waals surface area (Å²) in [6.45, 7) is 5.50. The van der Waals surface area contributed by atoms with E-state index in [2.05, 4.69) is 30.8 Å². The van der Waals surface area contributed by atoms with Crippen LogP contribution in [0.5, 0.6) is 0 Å². The molecule has 3 aromatic rings. The lowest BCUT2D eigenvalue weighted by Gasteiger charge is -2.33. The van der Waals surface area contributed by atoms with Gasteiger partial charge in [0, 0.05) is 11.8 Å². The first kappa shape index (κ1) is 27.7. The van der Waals surface area contributed by atoms with Crippen LogP contribution < -0.4 is 5.32 Å². The Morgan fingerprint density at radius 3 is 2.28 bits per heavy atom. The molecule has 8 nitrogen and oxygen atoms in total. The molecule has 2 aromatic carbocycles. The number of sulfone groups is 1. The summed E-state index contributed by atoms with van der Waals surface area (Å²) in [6.07, 6.45) is 1.79. The monoisotopic (exact) mass is 562 g/mol. The largest absolute Gasteiger partial charge is 0.417 e. The van der Waals surface area contributed by atoms with Gasteiger partial charge in [-0.1, -0.05) is 30.3 Å². The van der Waals surface area contributed by atoms with Crippen LogP contribution in [0.4, 0.5) is 13.2 Å². The fourth-order valence-electron chi connectivity index (χ4n) is 5.89. The number of nitrogens with one attached hydrogen (secondary N) is 2. The summed E-state index contributed by atoms with van der Waals surface area (Å²) >= 11 is 0. The number of hydrogen-bond acceptors (Lipinski definition) is 7. The Bertz CT molecular complexity index is 1360. The number of H-pyrrole nitrogens is 1. The van der Waals surface area contributed by atoms with E-state index < -0.39 is 26.5 Å². The zero-order valence-corrected chi connectivity index (χ0v) is 22.7. The highest BCUT2D eigenvalue weighted by Gasteiger charge is 2.39. The quantitative estimate of drug-likeness (QED) is 0.436. The standard InChI is InChI=1S/C27H33F3N6O2S/c1-39(37,38)25-23(27(28,29)30)7-6-22(24(25)26-32-34-35-33-26)21-4-2-19(3-5-21)20-11-16-36(17-12-20)15-10-18-8-13-31-14-9-18/h2-7,18,20,31H,8-17H2,1H3,(H,32,33,34,35). The summed E-state index contributed by atoms with van der Waals surface area (Å²) in [6, 6.07) is 9.75. The van der Waals surface area contributed by atoms with E-state index in [1.54, 1.807) is 0 Å². The summed E-state index contributed by atoms with van der Waals surface area (Å²) < 4.78 is 66.8. The van der Waals surface area contributed by atoms with E-state index in [0.29, 0.717) is 17.0 Å². The predicted molar refractivity (Wildman–Crippen MR) is 142 cm³/mol. The Labute approximate surface area is 226 Å². The molecule has 0 aliphatic carbocycles. The van der Waals surface area contributed by atoms with Crippen molar-refractivity contribution < 1.29 is 21.6 Å². The molecule has 2 aliphatic heterocycles. The number of piperidine rings is 2. The third kappa shape index (κ3) is 6.33. The second-order valence-corrected chi connectivity index (χ2v) is 12.6. The van der Waals surface area contributed by atoms with Crippen molar-refractivity contribution >= 4 is 9.84 Å². The molecular formula is C27H33F3N6O2S. The minimum Gasteiger partial charge on any atom is -0.317 e. The van der Waals surface area contributed by atoms with E-state index in [-0.39, 0.29) is 11.4 Å². The van der Waals surface area contributed by atoms with Gasteiger partial charge in [-0.3, -0.25) is 0 Å². The second kappa shape index (κ2) is 11.3. The number of likely N-dealkylation sites (tertiary alicyclic amines) is 1. The molecule has 0 radical (unpaired) electrons. The Morgan fingerprint density at radius 2 is 1.69 bits per heavy atom. The van der Waals surface area contributed by atoms with Crippen LogP contribution in [0.3, 0.4) is 0 Å². The van der Waals surface area contributed by atoms with Crippen molar-refractivity contribution in [2.45, 2.75) is 49.1 Å². The van der Waals surface area contributed by atoms with Crippen molar-refractivity contribution in [3.63, 3.8) is 0 Å². The van der Waals surface area contributed by atoms with Gasteiger partial charge in [0.05, 0.1) is 10.5 Å². The van der Waals surface area contributed by atoms with Crippen molar-refractivity contribution in [1.29, 1.82) is 0 Å². The molecule has 5 rings (SSSR count). The van der Waals surface area contributed by atoms with Gasteiger partial charge in [0.2, 0.25) is 0 Å². The first-order valence-corrected chi connectivity index (χ1v) is 15.2. The molecule has 0 bridgehead atoms. The van der Waals surface area contributed by atoms with Gasteiger partial charge in [0.25, 0.3) is 0 Å². The molecular weight excluding hydrogens is 529 g/mol. The Hall–Kier alpha value is -2.83. The van der Waals surface area contributed by atoms with Gasteiger partial charge in [0.15, 0.2) is 15.7 Å². The molecule has 39 heavy (non-hydrogen) atoms. The van der Waals surface area contributed by atoms with Crippen molar-refractivity contribution in [2.24, 2.45) is 5.92 Å². The van der Waals surface area contributed by atoms with Crippen molar-refractivity contribution in [2.75, 3.05) is 39.0 Å². The van der Waals surface area contributed by atoms with Gasteiger partial charge < -0.3 is 10.2 Å². The van der Waals surface area contributed by atoms with Gasteiger partial charge in [-0.2, -0.15) is 13.2 Å². The van der Waals surface area contributed by atoms with E-state index in [9.17, 15) is 21.6 Å². The molecule has 0 unspecified atom stereocenters. The average Bonchev–Trinajstić information content (AvgIpc) is 3.46. The average molecular weight is 563 g/mol. The molecule has 2 N–H and O–H groups in total. The maximum absolute atomic E-state index is 13.8. The maximum Gasteiger partial charge on any atom is 0.417 e.